The number of aromatic nitrogens is 1. The molecule has 0 saturated heterocycles. The third kappa shape index (κ3) is 2.44. The number of para-hydroxylation sites is 1. The Balaban J connectivity index is 1.64. The maximum Gasteiger partial charge on any atom is 0.281 e. The van der Waals surface area contributed by atoms with Crippen LogP contribution < -0.4 is 4.57 Å². The van der Waals surface area contributed by atoms with Crippen LogP contribution in [0.2, 0.25) is 0 Å². The number of thiazole rings is 1. The number of hydrogen-bond acceptors (Lipinski definition) is 3. The smallest absolute Gasteiger partial charge is 0.281 e. The van der Waals surface area contributed by atoms with Gasteiger partial charge < -0.3 is 4.42 Å². The van der Waals surface area contributed by atoms with E-state index in [1.54, 1.807) is 0 Å². The minimum atomic E-state index is -0.590. The highest BCUT2D eigenvalue weighted by molar-refractivity contribution is 7.32. The average molecular weight is 430 g/mol. The molecule has 0 saturated carbocycles. The molecule has 3 heterocycles. The first-order valence-electron chi connectivity index (χ1n) is 10.6. The van der Waals surface area contributed by atoms with E-state index in [0.29, 0.717) is 0 Å². The van der Waals surface area contributed by atoms with Gasteiger partial charge in [-0.05, 0) is 36.1 Å². The highest BCUT2D eigenvalue weighted by Gasteiger charge is 2.27. The molecule has 148 valence electrons. The van der Waals surface area contributed by atoms with E-state index in [1.165, 1.54) is 41.1 Å². The summed E-state index contributed by atoms with van der Waals surface area (Å²) in [6, 6.07) is 19.1. The maximum absolute atomic E-state index is 8.37. The molecule has 3 aromatic carbocycles. The van der Waals surface area contributed by atoms with Crippen molar-refractivity contribution in [1.29, 1.82) is 0 Å². The fourth-order valence-corrected chi connectivity index (χ4v) is 7.09. The molecular weight excluding hydrogens is 406 g/mol. The second kappa shape index (κ2) is 6.40. The zero-order valence-corrected chi connectivity index (χ0v) is 19.0. The summed E-state index contributed by atoms with van der Waals surface area (Å²) in [5, 5.41) is 4.82. The Hall–Kier alpha value is -2.69. The van der Waals surface area contributed by atoms with E-state index in [-0.39, 0.29) is 0 Å². The van der Waals surface area contributed by atoms with Gasteiger partial charge in [-0.2, -0.15) is 4.57 Å². The van der Waals surface area contributed by atoms with Gasteiger partial charge in [-0.3, -0.25) is 0 Å². The quantitative estimate of drug-likeness (QED) is 0.255. The third-order valence-electron chi connectivity index (χ3n) is 5.98. The molecule has 30 heavy (non-hydrogen) atoms. The Bertz CT molecular complexity index is 1650. The first-order chi connectivity index (χ1) is 14.8. The van der Waals surface area contributed by atoms with E-state index >= 15 is 0 Å². The maximum atomic E-state index is 8.37. The number of nitrogens with zero attached hydrogens (tertiary/aromatic N) is 1. The number of furan rings is 1. The van der Waals surface area contributed by atoms with Gasteiger partial charge in [0.05, 0.1) is 0 Å². The van der Waals surface area contributed by atoms with Crippen molar-refractivity contribution in [2.75, 3.05) is 0 Å². The van der Waals surface area contributed by atoms with Crippen molar-refractivity contribution in [3.8, 4) is 10.6 Å². The van der Waals surface area contributed by atoms with Crippen LogP contribution in [0.3, 0.4) is 0 Å². The van der Waals surface area contributed by atoms with Gasteiger partial charge in [0.1, 0.15) is 22.9 Å². The summed E-state index contributed by atoms with van der Waals surface area (Å²) in [7, 11) is 2.15. The lowest BCUT2D eigenvalue weighted by molar-refractivity contribution is -0.627. The zero-order chi connectivity index (χ0) is 21.5. The number of rotatable bonds is 2. The topological polar surface area (TPSA) is 17.0 Å². The lowest BCUT2D eigenvalue weighted by Gasteiger charge is -2.04. The summed E-state index contributed by atoms with van der Waals surface area (Å²) in [6.07, 6.45) is 0. The molecule has 0 fully saturated rings. The fourth-order valence-electron chi connectivity index (χ4n) is 4.32. The minimum Gasteiger partial charge on any atom is -0.455 e. The Morgan fingerprint density at radius 2 is 1.77 bits per heavy atom. The van der Waals surface area contributed by atoms with Gasteiger partial charge in [-0.15, -0.1) is 0 Å². The zero-order valence-electron chi connectivity index (χ0n) is 18.4. The van der Waals surface area contributed by atoms with Gasteiger partial charge in [0.15, 0.2) is 5.58 Å². The summed E-state index contributed by atoms with van der Waals surface area (Å²) in [5.74, 6) is -0.590. The van der Waals surface area contributed by atoms with Crippen LogP contribution in [0.1, 0.15) is 32.2 Å². The molecule has 3 aromatic heterocycles. The number of aryl methyl sites for hydroxylation is 2. The predicted octanol–water partition coefficient (Wildman–Crippen LogP) is 7.94. The van der Waals surface area contributed by atoms with Crippen molar-refractivity contribution in [3.63, 3.8) is 0 Å². The minimum absolute atomic E-state index is 0.590. The molecule has 6 rings (SSSR count). The second-order valence-corrected chi connectivity index (χ2v) is 10.2. The van der Waals surface area contributed by atoms with Gasteiger partial charge in [-0.1, -0.05) is 79.0 Å². The van der Waals surface area contributed by atoms with Gasteiger partial charge in [0.25, 0.3) is 9.84 Å². The van der Waals surface area contributed by atoms with Crippen LogP contribution in [0, 0.1) is 6.92 Å². The number of fused-ring (bicyclic) bond motifs is 6. The summed E-state index contributed by atoms with van der Waals surface area (Å²) in [6.45, 7) is 6.05. The molecule has 0 aliphatic carbocycles. The van der Waals surface area contributed by atoms with Crippen LogP contribution in [0.25, 0.3) is 52.1 Å². The lowest BCUT2D eigenvalue weighted by Crippen LogP contribution is -2.27. The molecule has 0 bridgehead atoms. The van der Waals surface area contributed by atoms with Crippen LogP contribution in [0.5, 0.6) is 0 Å². The van der Waals surface area contributed by atoms with E-state index in [0.717, 1.165) is 22.1 Å². The SMILES string of the molecule is [2H]C(C)(C)c1ccc2c(c1)sc1c2sc(-c2c(C)ccc3c2oc2ccccc23)[n+]1C. The molecule has 2 nitrogen and oxygen atoms in total. The molecule has 0 aliphatic rings. The summed E-state index contributed by atoms with van der Waals surface area (Å²) < 4.78 is 19.6. The monoisotopic (exact) mass is 429 g/mol. The average Bonchev–Trinajstić information content (AvgIpc) is 3.38. The molecule has 4 heteroatoms. The Morgan fingerprint density at radius 3 is 2.60 bits per heavy atom. The van der Waals surface area contributed by atoms with Crippen LogP contribution in [0.4, 0.5) is 0 Å². The fraction of sp³-hybridized carbons (Fsp3) is 0.192. The van der Waals surface area contributed by atoms with Crippen LogP contribution in [-0.2, 0) is 7.05 Å². The molecule has 0 spiro atoms. The molecule has 0 aliphatic heterocycles. The predicted molar refractivity (Wildman–Crippen MR) is 130 cm³/mol. The van der Waals surface area contributed by atoms with Gasteiger partial charge in [0.2, 0.25) is 0 Å². The van der Waals surface area contributed by atoms with Crippen molar-refractivity contribution in [2.24, 2.45) is 7.05 Å². The van der Waals surface area contributed by atoms with E-state index in [4.69, 9.17) is 5.79 Å². The van der Waals surface area contributed by atoms with E-state index < -0.39 is 5.89 Å². The Labute approximate surface area is 184 Å². The van der Waals surface area contributed by atoms with Crippen LogP contribution >= 0.6 is 22.7 Å². The van der Waals surface area contributed by atoms with Crippen LogP contribution in [0.15, 0.2) is 59.0 Å². The Kier molecular flexibility index (Phi) is 3.64. The Morgan fingerprint density at radius 1 is 0.967 bits per heavy atom. The number of hydrogen-bond donors (Lipinski definition) is 0. The van der Waals surface area contributed by atoms with E-state index in [1.807, 2.05) is 48.7 Å². The normalized spacial score (nSPS) is 13.1. The molecule has 0 atom stereocenters. The van der Waals surface area contributed by atoms with E-state index in [9.17, 15) is 0 Å². The summed E-state index contributed by atoms with van der Waals surface area (Å²) in [4.78, 5) is 1.27. The standard InChI is InChI=1S/C26H22NOS2/c1-14(2)16-10-12-19-21(13-16)29-26-24(19)30-25(27(26)4)22-15(3)9-11-18-17-7-5-6-8-20(17)28-23(18)22/h5-14H,1-4H3/q+1/i14D. The van der Waals surface area contributed by atoms with E-state index in [2.05, 4.69) is 61.0 Å². The molecule has 0 amide bonds. The molecule has 0 radical (unpaired) electrons. The second-order valence-electron chi connectivity index (χ2n) is 8.15. The van der Waals surface area contributed by atoms with Crippen molar-refractivity contribution in [3.05, 3.63) is 65.7 Å². The molecule has 0 unspecified atom stereocenters. The summed E-state index contributed by atoms with van der Waals surface area (Å²) >= 11 is 3.64. The summed E-state index contributed by atoms with van der Waals surface area (Å²) in [5.41, 5.74) is 5.36. The molecular formula is C26H22NOS2+. The molecule has 0 N–H and O–H groups in total. The molecule has 6 aromatic rings. The van der Waals surface area contributed by atoms with Crippen LogP contribution in [-0.4, -0.2) is 0 Å². The van der Waals surface area contributed by atoms with Crippen molar-refractivity contribution >= 4 is 64.2 Å². The first-order valence-corrected chi connectivity index (χ1v) is 11.7. The number of thiophene rings is 1. The largest absolute Gasteiger partial charge is 0.455 e. The lowest BCUT2D eigenvalue weighted by atomic mass is 10.0. The number of benzene rings is 3. The van der Waals surface area contributed by atoms with Gasteiger partial charge in [0, 0.05) is 22.2 Å². The van der Waals surface area contributed by atoms with Crippen molar-refractivity contribution in [2.45, 2.75) is 26.7 Å². The van der Waals surface area contributed by atoms with Gasteiger partial charge >= 0.3 is 0 Å². The van der Waals surface area contributed by atoms with Crippen molar-refractivity contribution in [1.82, 2.24) is 0 Å². The third-order valence-corrected chi connectivity index (χ3v) is 8.63. The highest BCUT2D eigenvalue weighted by Crippen LogP contribution is 2.43. The first kappa shape index (κ1) is 17.0. The highest BCUT2D eigenvalue weighted by atomic mass is 32.1. The van der Waals surface area contributed by atoms with Crippen molar-refractivity contribution < 1.29 is 10.4 Å². The van der Waals surface area contributed by atoms with Gasteiger partial charge in [-0.25, -0.2) is 0 Å².